The van der Waals surface area contributed by atoms with Crippen LogP contribution in [-0.4, -0.2) is 32.3 Å². The van der Waals surface area contributed by atoms with Gasteiger partial charge in [0.05, 0.1) is 16.3 Å². The Hall–Kier alpha value is -2.74. The molecule has 24 heavy (non-hydrogen) atoms. The number of fused-ring (bicyclic) bond motifs is 1. The molecule has 1 aliphatic carbocycles. The van der Waals surface area contributed by atoms with Crippen LogP contribution in [0, 0.1) is 0 Å². The topological polar surface area (TPSA) is 104 Å². The highest BCUT2D eigenvalue weighted by Gasteiger charge is 2.23. The number of thiophene rings is 1. The van der Waals surface area contributed by atoms with Crippen LogP contribution in [0.15, 0.2) is 34.4 Å². The zero-order valence-electron chi connectivity index (χ0n) is 12.7. The molecule has 4 rings (SSSR count). The zero-order valence-corrected chi connectivity index (χ0v) is 13.5. The van der Waals surface area contributed by atoms with E-state index < -0.39 is 0 Å². The van der Waals surface area contributed by atoms with Gasteiger partial charge in [-0.15, -0.1) is 11.3 Å². The van der Waals surface area contributed by atoms with Crippen LogP contribution in [0.1, 0.15) is 28.2 Å². The van der Waals surface area contributed by atoms with Crippen LogP contribution in [0.25, 0.3) is 10.6 Å². The van der Waals surface area contributed by atoms with Crippen molar-refractivity contribution in [1.82, 2.24) is 25.7 Å². The van der Waals surface area contributed by atoms with Crippen LogP contribution >= 0.6 is 11.3 Å². The van der Waals surface area contributed by atoms with Crippen molar-refractivity contribution in [3.8, 4) is 10.6 Å². The van der Waals surface area contributed by atoms with Gasteiger partial charge in [-0.2, -0.15) is 10.2 Å². The van der Waals surface area contributed by atoms with Gasteiger partial charge in [-0.25, -0.2) is 5.10 Å². The number of rotatable bonds is 3. The van der Waals surface area contributed by atoms with Gasteiger partial charge in [-0.1, -0.05) is 6.07 Å². The summed E-state index contributed by atoms with van der Waals surface area (Å²) in [7, 11) is 0. The van der Waals surface area contributed by atoms with Crippen molar-refractivity contribution in [2.75, 3.05) is 0 Å². The van der Waals surface area contributed by atoms with E-state index in [9.17, 15) is 9.59 Å². The molecule has 0 unspecified atom stereocenters. The van der Waals surface area contributed by atoms with Crippen molar-refractivity contribution in [2.24, 2.45) is 0 Å². The fourth-order valence-electron chi connectivity index (χ4n) is 2.92. The number of hydrogen-bond donors (Lipinski definition) is 3. The van der Waals surface area contributed by atoms with Gasteiger partial charge in [0, 0.05) is 12.1 Å². The molecule has 3 aromatic heterocycles. The Morgan fingerprint density at radius 2 is 2.21 bits per heavy atom. The number of aromatic amines is 2. The average molecular weight is 341 g/mol. The molecular formula is C16H15N5O2S. The highest BCUT2D eigenvalue weighted by Crippen LogP contribution is 2.23. The van der Waals surface area contributed by atoms with Gasteiger partial charge in [0.15, 0.2) is 5.69 Å². The Balaban J connectivity index is 1.46. The van der Waals surface area contributed by atoms with Crippen molar-refractivity contribution in [3.63, 3.8) is 0 Å². The molecule has 0 radical (unpaired) electrons. The monoisotopic (exact) mass is 341 g/mol. The Morgan fingerprint density at radius 3 is 3.04 bits per heavy atom. The molecule has 122 valence electrons. The molecule has 7 nitrogen and oxygen atoms in total. The number of carbonyl (C=O) groups is 1. The van der Waals surface area contributed by atoms with Crippen LogP contribution < -0.4 is 10.9 Å². The van der Waals surface area contributed by atoms with Crippen LogP contribution in [0.2, 0.25) is 0 Å². The Labute approximate surface area is 141 Å². The zero-order chi connectivity index (χ0) is 16.5. The molecule has 0 aliphatic heterocycles. The summed E-state index contributed by atoms with van der Waals surface area (Å²) in [6.07, 6.45) is 2.14. The first-order valence-electron chi connectivity index (χ1n) is 7.66. The summed E-state index contributed by atoms with van der Waals surface area (Å²) in [5.74, 6) is -0.208. The van der Waals surface area contributed by atoms with E-state index in [1.54, 1.807) is 23.5 Å². The third-order valence-corrected chi connectivity index (χ3v) is 5.01. The van der Waals surface area contributed by atoms with Crippen LogP contribution in [0.3, 0.4) is 0 Å². The summed E-state index contributed by atoms with van der Waals surface area (Å²) in [4.78, 5) is 24.8. The second-order valence-corrected chi connectivity index (χ2v) is 6.71. The summed E-state index contributed by atoms with van der Waals surface area (Å²) in [6.45, 7) is 0. The lowest BCUT2D eigenvalue weighted by atomic mass is 9.92. The lowest BCUT2D eigenvalue weighted by Crippen LogP contribution is -2.39. The van der Waals surface area contributed by atoms with E-state index in [1.165, 1.54) is 0 Å². The molecule has 0 bridgehead atoms. The molecule has 0 aromatic carbocycles. The number of carbonyl (C=O) groups excluding carboxylic acids is 1. The molecule has 3 N–H and O–H groups in total. The number of hydrogen-bond acceptors (Lipinski definition) is 5. The predicted molar refractivity (Wildman–Crippen MR) is 90.0 cm³/mol. The van der Waals surface area contributed by atoms with Crippen LogP contribution in [-0.2, 0) is 12.8 Å². The summed E-state index contributed by atoms with van der Waals surface area (Å²) in [6, 6.07) is 7.22. The minimum Gasteiger partial charge on any atom is -0.348 e. The van der Waals surface area contributed by atoms with E-state index in [4.69, 9.17) is 0 Å². The number of aryl methyl sites for hydroxylation is 1. The first-order valence-corrected chi connectivity index (χ1v) is 8.54. The van der Waals surface area contributed by atoms with Gasteiger partial charge in [0.2, 0.25) is 0 Å². The van der Waals surface area contributed by atoms with Gasteiger partial charge in [0.25, 0.3) is 11.5 Å². The average Bonchev–Trinajstić information content (AvgIpc) is 3.25. The molecule has 1 amide bonds. The lowest BCUT2D eigenvalue weighted by molar-refractivity contribution is 0.0928. The fraction of sp³-hybridized carbons (Fsp3) is 0.250. The summed E-state index contributed by atoms with van der Waals surface area (Å²) in [5, 5.41) is 18.5. The first-order chi connectivity index (χ1) is 11.7. The molecule has 0 fully saturated rings. The van der Waals surface area contributed by atoms with E-state index in [0.29, 0.717) is 12.1 Å². The second-order valence-electron chi connectivity index (χ2n) is 5.76. The fourth-order valence-corrected chi connectivity index (χ4v) is 3.61. The van der Waals surface area contributed by atoms with Crippen LogP contribution in [0.5, 0.6) is 0 Å². The Bertz CT molecular complexity index is 928. The summed E-state index contributed by atoms with van der Waals surface area (Å²) < 4.78 is 0. The highest BCUT2D eigenvalue weighted by molar-refractivity contribution is 7.13. The van der Waals surface area contributed by atoms with E-state index >= 15 is 0 Å². The first kappa shape index (κ1) is 14.8. The standard InChI is InChI=1S/C16H15N5O2S/c22-15-7-9-6-10(3-4-11(9)18-21-15)17-16(23)13-8-12(19-20-13)14-2-1-5-24-14/h1-2,5,7-8,10H,3-4,6H2,(H,17,23)(H,19,20)(H,21,22)/t10-/m1/s1. The van der Waals surface area contributed by atoms with Crippen molar-refractivity contribution in [2.45, 2.75) is 25.3 Å². The van der Waals surface area contributed by atoms with Gasteiger partial charge in [0.1, 0.15) is 0 Å². The molecule has 8 heteroatoms. The third kappa shape index (κ3) is 2.88. The normalized spacial score (nSPS) is 16.6. The molecule has 0 spiro atoms. The molecular weight excluding hydrogens is 326 g/mol. The number of nitrogens with one attached hydrogen (secondary N) is 3. The highest BCUT2D eigenvalue weighted by atomic mass is 32.1. The summed E-state index contributed by atoms with van der Waals surface area (Å²) >= 11 is 1.59. The Kier molecular flexibility index (Phi) is 3.73. The van der Waals surface area contributed by atoms with Crippen molar-refractivity contribution in [3.05, 3.63) is 57.0 Å². The van der Waals surface area contributed by atoms with Crippen molar-refractivity contribution < 1.29 is 4.79 Å². The SMILES string of the molecule is O=C(N[C@@H]1CCc2n[nH]c(=O)cc2C1)c1cc(-c2cccs2)[nH]n1. The third-order valence-electron chi connectivity index (χ3n) is 4.11. The molecule has 1 aliphatic rings. The predicted octanol–water partition coefficient (Wildman–Crippen LogP) is 1.51. The number of nitrogens with zero attached hydrogens (tertiary/aromatic N) is 2. The smallest absolute Gasteiger partial charge is 0.272 e. The van der Waals surface area contributed by atoms with Gasteiger partial charge in [-0.3, -0.25) is 14.7 Å². The van der Waals surface area contributed by atoms with Crippen molar-refractivity contribution in [1.29, 1.82) is 0 Å². The molecule has 3 aromatic rings. The minimum absolute atomic E-state index is 0.0181. The van der Waals surface area contributed by atoms with Crippen LogP contribution in [0.4, 0.5) is 0 Å². The van der Waals surface area contributed by atoms with E-state index in [-0.39, 0.29) is 17.5 Å². The van der Waals surface area contributed by atoms with Crippen molar-refractivity contribution >= 4 is 17.2 Å². The lowest BCUT2D eigenvalue weighted by Gasteiger charge is -2.23. The van der Waals surface area contributed by atoms with Gasteiger partial charge >= 0.3 is 0 Å². The summed E-state index contributed by atoms with van der Waals surface area (Å²) in [5.41, 5.74) is 2.79. The van der Waals surface area contributed by atoms with E-state index in [1.807, 2.05) is 17.5 Å². The molecule has 1 atom stereocenters. The number of amides is 1. The maximum Gasteiger partial charge on any atom is 0.272 e. The molecule has 0 saturated carbocycles. The minimum atomic E-state index is -0.214. The number of aromatic nitrogens is 4. The maximum atomic E-state index is 12.4. The Morgan fingerprint density at radius 1 is 1.29 bits per heavy atom. The van der Waals surface area contributed by atoms with E-state index in [2.05, 4.69) is 25.7 Å². The quantitative estimate of drug-likeness (QED) is 0.672. The largest absolute Gasteiger partial charge is 0.348 e. The molecule has 0 saturated heterocycles. The van der Waals surface area contributed by atoms with Gasteiger partial charge < -0.3 is 5.32 Å². The second kappa shape index (κ2) is 6.04. The maximum absolute atomic E-state index is 12.4. The van der Waals surface area contributed by atoms with E-state index in [0.717, 1.165) is 34.7 Å². The van der Waals surface area contributed by atoms with Gasteiger partial charge in [-0.05, 0) is 42.3 Å². The number of H-pyrrole nitrogens is 2. The molecule has 3 heterocycles.